The van der Waals surface area contributed by atoms with Crippen molar-refractivity contribution in [3.8, 4) is 0 Å². The summed E-state index contributed by atoms with van der Waals surface area (Å²) < 4.78 is 14.9. The third-order valence-electron chi connectivity index (χ3n) is 3.15. The van der Waals surface area contributed by atoms with E-state index in [9.17, 15) is 14.0 Å². The number of anilines is 1. The number of hydrogen-bond donors (Lipinski definition) is 2. The van der Waals surface area contributed by atoms with Gasteiger partial charge in [-0.25, -0.2) is 9.07 Å². The summed E-state index contributed by atoms with van der Waals surface area (Å²) in [4.78, 5) is 23.0. The van der Waals surface area contributed by atoms with Crippen molar-refractivity contribution in [2.24, 2.45) is 0 Å². The number of rotatable bonds is 2. The highest BCUT2D eigenvalue weighted by atomic mass is 19.1. The molecule has 2 amide bonds. The number of nitrogens with two attached hydrogens (primary N) is 1. The summed E-state index contributed by atoms with van der Waals surface area (Å²) >= 11 is 0. The maximum absolute atomic E-state index is 13.6. The Hall–Kier alpha value is -2.70. The van der Waals surface area contributed by atoms with Crippen LogP contribution in [0.2, 0.25) is 0 Å². The zero-order chi connectivity index (χ0) is 14.3. The van der Waals surface area contributed by atoms with E-state index in [0.717, 1.165) is 0 Å². The number of imide groups is 1. The van der Waals surface area contributed by atoms with Crippen LogP contribution in [0.4, 0.5) is 10.2 Å². The molecule has 3 rings (SSSR count). The minimum atomic E-state index is -0.562. The van der Waals surface area contributed by atoms with Gasteiger partial charge in [-0.3, -0.25) is 14.9 Å². The number of nitrogens with zero attached hydrogens (tertiary/aromatic N) is 2. The molecule has 0 fully saturated rings. The van der Waals surface area contributed by atoms with Crippen LogP contribution in [0.5, 0.6) is 0 Å². The third-order valence-corrected chi connectivity index (χ3v) is 3.15. The van der Waals surface area contributed by atoms with E-state index in [1.165, 1.54) is 10.7 Å². The van der Waals surface area contributed by atoms with E-state index in [-0.39, 0.29) is 30.2 Å². The zero-order valence-corrected chi connectivity index (χ0v) is 10.4. The van der Waals surface area contributed by atoms with Crippen LogP contribution >= 0.6 is 0 Å². The fraction of sp³-hybridized carbons (Fsp3) is 0.154. The number of nitrogens with one attached hydrogen (secondary N) is 1. The number of nitrogen functional groups attached to an aromatic ring is 1. The molecule has 3 N–H and O–H groups in total. The average molecular weight is 274 g/mol. The number of aromatic nitrogens is 2. The van der Waals surface area contributed by atoms with E-state index >= 15 is 0 Å². The smallest absolute Gasteiger partial charge is 0.263 e. The minimum Gasteiger partial charge on any atom is -0.383 e. The Morgan fingerprint density at radius 1 is 1.35 bits per heavy atom. The molecule has 0 saturated carbocycles. The molecule has 1 aromatic heterocycles. The van der Waals surface area contributed by atoms with Gasteiger partial charge in [-0.1, -0.05) is 18.2 Å². The molecule has 0 bridgehead atoms. The van der Waals surface area contributed by atoms with E-state index in [1.807, 2.05) is 0 Å². The van der Waals surface area contributed by atoms with Crippen LogP contribution in [0.1, 0.15) is 21.6 Å². The molecule has 0 saturated heterocycles. The van der Waals surface area contributed by atoms with Gasteiger partial charge in [0.25, 0.3) is 5.91 Å². The van der Waals surface area contributed by atoms with E-state index < -0.39 is 11.8 Å². The molecule has 7 heteroatoms. The lowest BCUT2D eigenvalue weighted by atomic mass is 10.1. The Labute approximate surface area is 113 Å². The second kappa shape index (κ2) is 4.44. The van der Waals surface area contributed by atoms with E-state index in [0.29, 0.717) is 11.3 Å². The summed E-state index contributed by atoms with van der Waals surface area (Å²) in [5, 5.41) is 6.31. The standard InChI is InChI=1S/C13H11FN4O2/c14-8-4-2-1-3-7(8)6-18-12(15)11-9(17-18)5-10(19)16-13(11)20/h1-4H,5-6,15H2,(H,16,19,20). The molecule has 0 aliphatic carbocycles. The first-order valence-electron chi connectivity index (χ1n) is 5.99. The zero-order valence-electron chi connectivity index (χ0n) is 10.4. The average Bonchev–Trinajstić information content (AvgIpc) is 2.69. The van der Waals surface area contributed by atoms with Gasteiger partial charge in [-0.2, -0.15) is 5.10 Å². The SMILES string of the molecule is Nc1c2c(nn1Cc1ccccc1F)CC(=O)NC2=O. The van der Waals surface area contributed by atoms with Gasteiger partial charge in [0.2, 0.25) is 5.91 Å². The van der Waals surface area contributed by atoms with Crippen LogP contribution in [0.15, 0.2) is 24.3 Å². The van der Waals surface area contributed by atoms with E-state index in [4.69, 9.17) is 5.73 Å². The van der Waals surface area contributed by atoms with Crippen molar-refractivity contribution in [1.29, 1.82) is 0 Å². The van der Waals surface area contributed by atoms with Gasteiger partial charge < -0.3 is 5.73 Å². The maximum Gasteiger partial charge on any atom is 0.263 e. The van der Waals surface area contributed by atoms with E-state index in [1.54, 1.807) is 18.2 Å². The summed E-state index contributed by atoms with van der Waals surface area (Å²) in [6, 6.07) is 6.24. The quantitative estimate of drug-likeness (QED) is 0.779. The highest BCUT2D eigenvalue weighted by molar-refractivity contribution is 6.11. The van der Waals surface area contributed by atoms with Gasteiger partial charge >= 0.3 is 0 Å². The van der Waals surface area contributed by atoms with Crippen LogP contribution < -0.4 is 11.1 Å². The molecule has 0 atom stereocenters. The molecule has 1 aromatic carbocycles. The van der Waals surface area contributed by atoms with Gasteiger partial charge in [0.05, 0.1) is 18.7 Å². The number of benzene rings is 1. The topological polar surface area (TPSA) is 90.0 Å². The second-order valence-corrected chi connectivity index (χ2v) is 4.51. The predicted molar refractivity (Wildman–Crippen MR) is 68.3 cm³/mol. The highest BCUT2D eigenvalue weighted by Crippen LogP contribution is 2.22. The first-order chi connectivity index (χ1) is 9.56. The summed E-state index contributed by atoms with van der Waals surface area (Å²) in [5.74, 6) is -1.22. The molecule has 0 spiro atoms. The van der Waals surface area contributed by atoms with Crippen molar-refractivity contribution >= 4 is 17.6 Å². The van der Waals surface area contributed by atoms with Crippen LogP contribution in [0.25, 0.3) is 0 Å². The van der Waals surface area contributed by atoms with Crippen LogP contribution in [0.3, 0.4) is 0 Å². The molecule has 20 heavy (non-hydrogen) atoms. The normalized spacial score (nSPS) is 14.1. The second-order valence-electron chi connectivity index (χ2n) is 4.51. The molecule has 1 aliphatic heterocycles. The molecule has 0 unspecified atom stereocenters. The van der Waals surface area contributed by atoms with Gasteiger partial charge in [0.15, 0.2) is 0 Å². The minimum absolute atomic E-state index is 0.00442. The summed E-state index contributed by atoms with van der Waals surface area (Å²) in [6.07, 6.45) is -0.00442. The molecular weight excluding hydrogens is 263 g/mol. The lowest BCUT2D eigenvalue weighted by molar-refractivity contribution is -0.119. The Kier molecular flexibility index (Phi) is 2.74. The van der Waals surface area contributed by atoms with Crippen molar-refractivity contribution in [2.75, 3.05) is 5.73 Å². The molecular formula is C13H11FN4O2. The van der Waals surface area contributed by atoms with Gasteiger partial charge in [0, 0.05) is 5.56 Å². The van der Waals surface area contributed by atoms with Crippen molar-refractivity contribution in [2.45, 2.75) is 13.0 Å². The molecule has 2 heterocycles. The lowest BCUT2D eigenvalue weighted by Gasteiger charge is -2.09. The number of carbonyl (C=O) groups is 2. The summed E-state index contributed by atoms with van der Waals surface area (Å²) in [7, 11) is 0. The Morgan fingerprint density at radius 2 is 2.10 bits per heavy atom. The molecule has 1 aliphatic rings. The van der Waals surface area contributed by atoms with Gasteiger partial charge in [-0.15, -0.1) is 0 Å². The maximum atomic E-state index is 13.6. The number of carbonyl (C=O) groups excluding carboxylic acids is 2. The predicted octanol–water partition coefficient (Wildman–Crippen LogP) is 0.465. The monoisotopic (exact) mass is 274 g/mol. The summed E-state index contributed by atoms with van der Waals surface area (Å²) in [6.45, 7) is 0.104. The molecule has 6 nitrogen and oxygen atoms in total. The van der Waals surface area contributed by atoms with Crippen LogP contribution in [0, 0.1) is 5.82 Å². The summed E-state index contributed by atoms with van der Waals surface area (Å²) in [5.41, 5.74) is 6.79. The van der Waals surface area contributed by atoms with Crippen molar-refractivity contribution < 1.29 is 14.0 Å². The first-order valence-corrected chi connectivity index (χ1v) is 5.99. The molecule has 2 aromatic rings. The van der Waals surface area contributed by atoms with Crippen LogP contribution in [-0.4, -0.2) is 21.6 Å². The fourth-order valence-corrected chi connectivity index (χ4v) is 2.19. The first kappa shape index (κ1) is 12.3. The number of halogens is 1. The van der Waals surface area contributed by atoms with Crippen molar-refractivity contribution in [1.82, 2.24) is 15.1 Å². The van der Waals surface area contributed by atoms with Crippen LogP contribution in [-0.2, 0) is 17.8 Å². The Bertz CT molecular complexity index is 723. The fourth-order valence-electron chi connectivity index (χ4n) is 2.19. The third kappa shape index (κ3) is 1.93. The van der Waals surface area contributed by atoms with E-state index in [2.05, 4.69) is 10.4 Å². The number of hydrogen-bond acceptors (Lipinski definition) is 4. The molecule has 0 radical (unpaired) electrons. The Balaban J connectivity index is 2.00. The van der Waals surface area contributed by atoms with Gasteiger partial charge in [0.1, 0.15) is 17.2 Å². The van der Waals surface area contributed by atoms with Crippen molar-refractivity contribution in [3.05, 3.63) is 46.9 Å². The molecule has 102 valence electrons. The Morgan fingerprint density at radius 3 is 2.85 bits per heavy atom. The number of amides is 2. The number of fused-ring (bicyclic) bond motifs is 1. The lowest BCUT2D eigenvalue weighted by Crippen LogP contribution is -2.37. The highest BCUT2D eigenvalue weighted by Gasteiger charge is 2.29. The van der Waals surface area contributed by atoms with Gasteiger partial charge in [-0.05, 0) is 6.07 Å². The van der Waals surface area contributed by atoms with Crippen molar-refractivity contribution in [3.63, 3.8) is 0 Å². The largest absolute Gasteiger partial charge is 0.383 e.